The van der Waals surface area contributed by atoms with Crippen LogP contribution in [0.3, 0.4) is 0 Å². The molecule has 1 N–H and O–H groups in total. The molecule has 0 spiro atoms. The normalized spacial score (nSPS) is 18.2. The highest BCUT2D eigenvalue weighted by atomic mass is 16.2. The van der Waals surface area contributed by atoms with Crippen molar-refractivity contribution in [1.82, 2.24) is 30.0 Å². The predicted octanol–water partition coefficient (Wildman–Crippen LogP) is 0.702. The van der Waals surface area contributed by atoms with Crippen molar-refractivity contribution >= 4 is 17.5 Å². The van der Waals surface area contributed by atoms with E-state index >= 15 is 0 Å². The van der Waals surface area contributed by atoms with E-state index in [1.165, 1.54) is 0 Å². The maximum absolute atomic E-state index is 13.0. The van der Waals surface area contributed by atoms with Crippen molar-refractivity contribution < 1.29 is 4.79 Å². The van der Waals surface area contributed by atoms with Gasteiger partial charge >= 0.3 is 6.03 Å². The number of amides is 2. The van der Waals surface area contributed by atoms with E-state index in [4.69, 9.17) is 0 Å². The lowest BCUT2D eigenvalue weighted by atomic mass is 10.2. The Balaban J connectivity index is 1.39. The fourth-order valence-corrected chi connectivity index (χ4v) is 3.50. The lowest BCUT2D eigenvalue weighted by Crippen LogP contribution is -2.55. The largest absolute Gasteiger partial charge is 0.356 e. The van der Waals surface area contributed by atoms with Gasteiger partial charge in [-0.25, -0.2) is 14.8 Å². The molecule has 2 aliphatic heterocycles. The Bertz CT molecular complexity index is 783. The molecule has 0 radical (unpaired) electrons. The van der Waals surface area contributed by atoms with Crippen LogP contribution in [0.1, 0.15) is 11.6 Å². The van der Waals surface area contributed by atoms with Crippen LogP contribution < -0.4 is 9.80 Å². The summed E-state index contributed by atoms with van der Waals surface area (Å²) in [5, 5.41) is 7.06. The summed E-state index contributed by atoms with van der Waals surface area (Å²) < 4.78 is 0. The first-order valence-corrected chi connectivity index (χ1v) is 8.94. The van der Waals surface area contributed by atoms with Crippen LogP contribution >= 0.6 is 0 Å². The van der Waals surface area contributed by atoms with E-state index in [0.29, 0.717) is 26.2 Å². The lowest BCUT2D eigenvalue weighted by molar-refractivity contribution is 0.137. The van der Waals surface area contributed by atoms with Crippen LogP contribution in [0.25, 0.3) is 0 Å². The highest BCUT2D eigenvalue weighted by Crippen LogP contribution is 2.30. The second kappa shape index (κ2) is 6.91. The lowest BCUT2D eigenvalue weighted by Gasteiger charge is -2.40. The maximum Gasteiger partial charge on any atom is 0.324 e. The number of aryl methyl sites for hydroxylation is 1. The molecule has 26 heavy (non-hydrogen) atoms. The van der Waals surface area contributed by atoms with Gasteiger partial charge in [-0.1, -0.05) is 0 Å². The first kappa shape index (κ1) is 16.8. The van der Waals surface area contributed by atoms with Crippen molar-refractivity contribution in [2.75, 3.05) is 56.1 Å². The van der Waals surface area contributed by atoms with Crippen LogP contribution in [0.4, 0.5) is 16.3 Å². The Hall–Kier alpha value is -2.68. The third-order valence-electron chi connectivity index (χ3n) is 4.96. The Labute approximate surface area is 152 Å². The van der Waals surface area contributed by atoms with Gasteiger partial charge in [0.2, 0.25) is 0 Å². The van der Waals surface area contributed by atoms with Crippen LogP contribution in [0.5, 0.6) is 0 Å². The van der Waals surface area contributed by atoms with Gasteiger partial charge in [0.25, 0.3) is 0 Å². The van der Waals surface area contributed by atoms with Crippen LogP contribution in [0.15, 0.2) is 18.3 Å². The van der Waals surface area contributed by atoms with Gasteiger partial charge < -0.3 is 9.80 Å². The average molecular weight is 356 g/mol. The van der Waals surface area contributed by atoms with Gasteiger partial charge in [0.1, 0.15) is 5.82 Å². The van der Waals surface area contributed by atoms with Crippen LogP contribution in [-0.2, 0) is 6.54 Å². The fraction of sp³-hybridized carbons (Fsp3) is 0.529. The number of anilines is 2. The summed E-state index contributed by atoms with van der Waals surface area (Å²) >= 11 is 0. The molecule has 0 atom stereocenters. The number of nitrogens with one attached hydrogen (secondary N) is 1. The monoisotopic (exact) mass is 356 g/mol. The molecule has 9 nitrogen and oxygen atoms in total. The standard InChI is InChI=1S/C17H24N8O/c1-13-19-15(21-20-13)12-23-7-9-24(10-8-23)17(26)25-11-6-22(2)16-14(25)4-3-5-18-16/h3-5H,6-12H2,1-2H3,(H,19,20,21). The summed E-state index contributed by atoms with van der Waals surface area (Å²) in [5.41, 5.74) is 0.893. The molecule has 9 heteroatoms. The number of hydrogen-bond donors (Lipinski definition) is 1. The highest BCUT2D eigenvalue weighted by Gasteiger charge is 2.31. The first-order chi connectivity index (χ1) is 12.6. The summed E-state index contributed by atoms with van der Waals surface area (Å²) in [6.45, 7) is 7.17. The molecule has 138 valence electrons. The van der Waals surface area contributed by atoms with Gasteiger partial charge in [-0.15, -0.1) is 0 Å². The number of urea groups is 1. The number of hydrogen-bond acceptors (Lipinski definition) is 6. The van der Waals surface area contributed by atoms with E-state index in [-0.39, 0.29) is 6.03 Å². The predicted molar refractivity (Wildman–Crippen MR) is 98.2 cm³/mol. The van der Waals surface area contributed by atoms with E-state index in [9.17, 15) is 4.79 Å². The molecule has 2 aromatic rings. The van der Waals surface area contributed by atoms with E-state index in [2.05, 4.69) is 30.0 Å². The maximum atomic E-state index is 13.0. The number of piperazine rings is 1. The van der Waals surface area contributed by atoms with Crippen molar-refractivity contribution in [3.8, 4) is 0 Å². The minimum absolute atomic E-state index is 0.0701. The second-order valence-corrected chi connectivity index (χ2v) is 6.80. The van der Waals surface area contributed by atoms with Gasteiger partial charge in [0.15, 0.2) is 11.6 Å². The van der Waals surface area contributed by atoms with E-state index in [0.717, 1.165) is 42.8 Å². The Morgan fingerprint density at radius 2 is 2.00 bits per heavy atom. The molecule has 2 aromatic heterocycles. The Morgan fingerprint density at radius 1 is 1.19 bits per heavy atom. The molecular weight excluding hydrogens is 332 g/mol. The summed E-state index contributed by atoms with van der Waals surface area (Å²) in [5.74, 6) is 2.50. The van der Waals surface area contributed by atoms with E-state index in [1.54, 1.807) is 6.20 Å². The number of carbonyl (C=O) groups excluding carboxylic acids is 1. The van der Waals surface area contributed by atoms with Crippen LogP contribution in [0.2, 0.25) is 0 Å². The number of nitrogens with zero attached hydrogens (tertiary/aromatic N) is 7. The smallest absolute Gasteiger partial charge is 0.324 e. The summed E-state index contributed by atoms with van der Waals surface area (Å²) in [7, 11) is 2.01. The minimum Gasteiger partial charge on any atom is -0.356 e. The summed E-state index contributed by atoms with van der Waals surface area (Å²) in [6, 6.07) is 3.92. The Kier molecular flexibility index (Phi) is 4.46. The quantitative estimate of drug-likeness (QED) is 0.853. The summed E-state index contributed by atoms with van der Waals surface area (Å²) in [6.07, 6.45) is 1.77. The summed E-state index contributed by atoms with van der Waals surface area (Å²) in [4.78, 5) is 30.0. The number of aromatic nitrogens is 4. The molecule has 2 amide bonds. The molecule has 0 bridgehead atoms. The van der Waals surface area contributed by atoms with Gasteiger partial charge in [0, 0.05) is 52.5 Å². The van der Waals surface area contributed by atoms with Crippen molar-refractivity contribution in [1.29, 1.82) is 0 Å². The van der Waals surface area contributed by atoms with Gasteiger partial charge in [0.05, 0.1) is 12.2 Å². The molecular formula is C17H24N8O. The van der Waals surface area contributed by atoms with Gasteiger partial charge in [-0.2, -0.15) is 5.10 Å². The molecule has 0 aliphatic carbocycles. The van der Waals surface area contributed by atoms with Crippen molar-refractivity contribution in [3.05, 3.63) is 30.0 Å². The third kappa shape index (κ3) is 3.22. The number of H-pyrrole nitrogens is 1. The number of aromatic amines is 1. The van der Waals surface area contributed by atoms with E-state index < -0.39 is 0 Å². The number of fused-ring (bicyclic) bond motifs is 1. The zero-order valence-corrected chi connectivity index (χ0v) is 15.2. The SMILES string of the molecule is Cc1nc(CN2CCN(C(=O)N3CCN(C)c4ncccc43)CC2)n[nH]1. The molecule has 2 aliphatic rings. The number of likely N-dealkylation sites (N-methyl/N-ethyl adjacent to an activating group) is 1. The van der Waals surface area contributed by atoms with Gasteiger partial charge in [-0.05, 0) is 19.1 Å². The molecule has 1 fully saturated rings. The number of carbonyl (C=O) groups is 1. The van der Waals surface area contributed by atoms with Crippen LogP contribution in [0, 0.1) is 6.92 Å². The first-order valence-electron chi connectivity index (χ1n) is 8.94. The van der Waals surface area contributed by atoms with Gasteiger partial charge in [-0.3, -0.25) is 14.9 Å². The van der Waals surface area contributed by atoms with Crippen molar-refractivity contribution in [2.24, 2.45) is 0 Å². The molecule has 0 aromatic carbocycles. The fourth-order valence-electron chi connectivity index (χ4n) is 3.50. The van der Waals surface area contributed by atoms with E-state index in [1.807, 2.05) is 35.9 Å². The minimum atomic E-state index is 0.0701. The molecule has 4 rings (SSSR count). The molecule has 0 unspecified atom stereocenters. The second-order valence-electron chi connectivity index (χ2n) is 6.80. The van der Waals surface area contributed by atoms with Crippen LogP contribution in [-0.4, -0.2) is 82.3 Å². The van der Waals surface area contributed by atoms with Crippen molar-refractivity contribution in [3.63, 3.8) is 0 Å². The number of rotatable bonds is 2. The Morgan fingerprint density at radius 3 is 2.73 bits per heavy atom. The molecule has 0 saturated carbocycles. The highest BCUT2D eigenvalue weighted by molar-refractivity contribution is 5.96. The topological polar surface area (TPSA) is 84.5 Å². The zero-order valence-electron chi connectivity index (χ0n) is 15.2. The van der Waals surface area contributed by atoms with Crippen molar-refractivity contribution in [2.45, 2.75) is 13.5 Å². The molecule has 4 heterocycles. The molecule has 1 saturated heterocycles. The third-order valence-corrected chi connectivity index (χ3v) is 4.96. The zero-order chi connectivity index (χ0) is 18.1. The number of pyridine rings is 1. The average Bonchev–Trinajstić information content (AvgIpc) is 3.07.